The minimum atomic E-state index is -0.120. The molecule has 2 N–H and O–H groups in total. The Balaban J connectivity index is 2.19. The third-order valence-electron chi connectivity index (χ3n) is 2.59. The van der Waals surface area contributed by atoms with Crippen molar-refractivity contribution >= 4 is 0 Å². The van der Waals surface area contributed by atoms with Gasteiger partial charge in [-0.25, -0.2) is 0 Å². The Labute approximate surface area is 90.0 Å². The van der Waals surface area contributed by atoms with E-state index in [-0.39, 0.29) is 6.04 Å². The Hall–Kier alpha value is -1.35. The van der Waals surface area contributed by atoms with E-state index in [1.54, 1.807) is 6.26 Å². The monoisotopic (exact) mass is 204 g/mol. The molecule has 80 valence electrons. The highest BCUT2D eigenvalue weighted by Crippen LogP contribution is 2.24. The zero-order valence-electron chi connectivity index (χ0n) is 8.94. The van der Waals surface area contributed by atoms with Crippen LogP contribution in [0, 0.1) is 6.92 Å². The zero-order chi connectivity index (χ0) is 10.7. The number of nitrogens with zero attached hydrogens (tertiary/aromatic N) is 1. The van der Waals surface area contributed by atoms with Gasteiger partial charge in [-0.15, -0.1) is 0 Å². The first kappa shape index (κ1) is 10.2. The van der Waals surface area contributed by atoms with Crippen molar-refractivity contribution in [3.05, 3.63) is 41.4 Å². The fraction of sp³-hybridized carbons (Fsp3) is 0.417. The molecule has 15 heavy (non-hydrogen) atoms. The molecule has 0 aliphatic carbocycles. The second kappa shape index (κ2) is 4.45. The summed E-state index contributed by atoms with van der Waals surface area (Å²) in [6, 6.07) is 5.81. The SMILES string of the molecule is Cc1cccc(C(N)C2=COCCC2)n1. The van der Waals surface area contributed by atoms with Crippen LogP contribution in [0.25, 0.3) is 0 Å². The molecule has 0 saturated carbocycles. The standard InChI is InChI=1S/C12H16N2O/c1-9-4-2-6-11(14-9)12(13)10-5-3-7-15-8-10/h2,4,6,8,12H,3,5,7,13H2,1H3. The molecule has 1 unspecified atom stereocenters. The number of hydrogen-bond acceptors (Lipinski definition) is 3. The van der Waals surface area contributed by atoms with Gasteiger partial charge in [0.15, 0.2) is 0 Å². The van der Waals surface area contributed by atoms with Crippen molar-refractivity contribution in [1.82, 2.24) is 4.98 Å². The van der Waals surface area contributed by atoms with Crippen molar-refractivity contribution in [2.24, 2.45) is 5.73 Å². The molecule has 1 atom stereocenters. The highest BCUT2D eigenvalue weighted by molar-refractivity contribution is 5.22. The summed E-state index contributed by atoms with van der Waals surface area (Å²) in [6.07, 6.45) is 3.85. The Bertz CT molecular complexity index is 374. The molecule has 1 aromatic rings. The smallest absolute Gasteiger partial charge is 0.0876 e. The van der Waals surface area contributed by atoms with Crippen molar-refractivity contribution in [2.45, 2.75) is 25.8 Å². The Morgan fingerprint density at radius 1 is 1.47 bits per heavy atom. The van der Waals surface area contributed by atoms with E-state index in [2.05, 4.69) is 4.98 Å². The van der Waals surface area contributed by atoms with E-state index in [9.17, 15) is 0 Å². The van der Waals surface area contributed by atoms with Crippen LogP contribution in [0.3, 0.4) is 0 Å². The topological polar surface area (TPSA) is 48.1 Å². The molecule has 0 amide bonds. The minimum absolute atomic E-state index is 0.120. The van der Waals surface area contributed by atoms with E-state index in [1.807, 2.05) is 25.1 Å². The van der Waals surface area contributed by atoms with Gasteiger partial charge in [0.1, 0.15) is 0 Å². The molecule has 0 saturated heterocycles. The second-order valence-electron chi connectivity index (χ2n) is 3.85. The number of aryl methyl sites for hydroxylation is 1. The lowest BCUT2D eigenvalue weighted by atomic mass is 10.00. The van der Waals surface area contributed by atoms with Gasteiger partial charge >= 0.3 is 0 Å². The largest absolute Gasteiger partial charge is 0.501 e. The maximum Gasteiger partial charge on any atom is 0.0876 e. The van der Waals surface area contributed by atoms with E-state index in [1.165, 1.54) is 0 Å². The van der Waals surface area contributed by atoms with Crippen LogP contribution in [-0.2, 0) is 4.74 Å². The van der Waals surface area contributed by atoms with E-state index >= 15 is 0 Å². The normalized spacial score (nSPS) is 17.9. The molecule has 1 aromatic heterocycles. The fourth-order valence-electron chi connectivity index (χ4n) is 1.74. The predicted molar refractivity (Wildman–Crippen MR) is 59.2 cm³/mol. The summed E-state index contributed by atoms with van der Waals surface area (Å²) < 4.78 is 5.29. The van der Waals surface area contributed by atoms with E-state index < -0.39 is 0 Å². The fourth-order valence-corrected chi connectivity index (χ4v) is 1.74. The summed E-state index contributed by atoms with van der Waals surface area (Å²) in [4.78, 5) is 4.43. The van der Waals surface area contributed by atoms with Crippen LogP contribution >= 0.6 is 0 Å². The summed E-state index contributed by atoms with van der Waals surface area (Å²) in [5.41, 5.74) is 9.19. The lowest BCUT2D eigenvalue weighted by molar-refractivity contribution is 0.221. The van der Waals surface area contributed by atoms with Crippen molar-refractivity contribution in [3.8, 4) is 0 Å². The molecule has 3 heteroatoms. The van der Waals surface area contributed by atoms with Crippen LogP contribution in [0.4, 0.5) is 0 Å². The number of rotatable bonds is 2. The molecular formula is C12H16N2O. The summed E-state index contributed by atoms with van der Waals surface area (Å²) in [5, 5.41) is 0. The molecule has 2 rings (SSSR count). The van der Waals surface area contributed by atoms with Crippen molar-refractivity contribution in [1.29, 1.82) is 0 Å². The molecule has 0 radical (unpaired) electrons. The maximum absolute atomic E-state index is 6.13. The quantitative estimate of drug-likeness (QED) is 0.802. The maximum atomic E-state index is 6.13. The molecule has 2 heterocycles. The molecule has 1 aliphatic heterocycles. The van der Waals surface area contributed by atoms with Crippen molar-refractivity contribution in [3.63, 3.8) is 0 Å². The summed E-state index contributed by atoms with van der Waals surface area (Å²) in [7, 11) is 0. The summed E-state index contributed by atoms with van der Waals surface area (Å²) >= 11 is 0. The summed E-state index contributed by atoms with van der Waals surface area (Å²) in [5.74, 6) is 0. The van der Waals surface area contributed by atoms with Crippen molar-refractivity contribution in [2.75, 3.05) is 6.61 Å². The van der Waals surface area contributed by atoms with Gasteiger partial charge < -0.3 is 10.5 Å². The molecule has 0 bridgehead atoms. The lowest BCUT2D eigenvalue weighted by Crippen LogP contribution is -2.17. The van der Waals surface area contributed by atoms with Crippen LogP contribution in [0.2, 0.25) is 0 Å². The van der Waals surface area contributed by atoms with Crippen LogP contribution in [0.5, 0.6) is 0 Å². The van der Waals surface area contributed by atoms with Crippen LogP contribution in [-0.4, -0.2) is 11.6 Å². The highest BCUT2D eigenvalue weighted by Gasteiger charge is 2.15. The Kier molecular flexibility index (Phi) is 3.02. The van der Waals surface area contributed by atoms with Crippen LogP contribution in [0.1, 0.15) is 30.3 Å². The second-order valence-corrected chi connectivity index (χ2v) is 3.85. The van der Waals surface area contributed by atoms with E-state index in [0.717, 1.165) is 36.4 Å². The first-order chi connectivity index (χ1) is 7.27. The van der Waals surface area contributed by atoms with Crippen LogP contribution in [0.15, 0.2) is 30.0 Å². The van der Waals surface area contributed by atoms with Gasteiger partial charge in [0, 0.05) is 5.69 Å². The van der Waals surface area contributed by atoms with Crippen LogP contribution < -0.4 is 5.73 Å². The van der Waals surface area contributed by atoms with E-state index in [4.69, 9.17) is 10.5 Å². The molecule has 0 aromatic carbocycles. The first-order valence-electron chi connectivity index (χ1n) is 5.27. The molecule has 3 nitrogen and oxygen atoms in total. The third-order valence-corrected chi connectivity index (χ3v) is 2.59. The molecule has 0 fully saturated rings. The van der Waals surface area contributed by atoms with Gasteiger partial charge in [0.05, 0.1) is 24.6 Å². The molecule has 1 aliphatic rings. The number of ether oxygens (including phenoxy) is 1. The van der Waals surface area contributed by atoms with E-state index in [0.29, 0.717) is 0 Å². The molecule has 0 spiro atoms. The predicted octanol–water partition coefficient (Wildman–Crippen LogP) is 2.08. The molecular weight excluding hydrogens is 188 g/mol. The average molecular weight is 204 g/mol. The number of aromatic nitrogens is 1. The number of nitrogens with two attached hydrogens (primary N) is 1. The average Bonchev–Trinajstić information content (AvgIpc) is 2.29. The van der Waals surface area contributed by atoms with Gasteiger partial charge in [0.2, 0.25) is 0 Å². The first-order valence-corrected chi connectivity index (χ1v) is 5.27. The zero-order valence-corrected chi connectivity index (χ0v) is 8.94. The highest BCUT2D eigenvalue weighted by atomic mass is 16.5. The minimum Gasteiger partial charge on any atom is -0.501 e. The third kappa shape index (κ3) is 2.36. The van der Waals surface area contributed by atoms with Crippen molar-refractivity contribution < 1.29 is 4.74 Å². The van der Waals surface area contributed by atoms with Gasteiger partial charge in [-0.05, 0) is 37.5 Å². The van der Waals surface area contributed by atoms with Gasteiger partial charge in [-0.3, -0.25) is 4.98 Å². The summed E-state index contributed by atoms with van der Waals surface area (Å²) in [6.45, 7) is 2.78. The number of hydrogen-bond donors (Lipinski definition) is 1. The van der Waals surface area contributed by atoms with Gasteiger partial charge in [0.25, 0.3) is 0 Å². The lowest BCUT2D eigenvalue weighted by Gasteiger charge is -2.19. The van der Waals surface area contributed by atoms with Gasteiger partial charge in [-0.1, -0.05) is 6.07 Å². The number of pyridine rings is 1. The Morgan fingerprint density at radius 3 is 3.00 bits per heavy atom. The van der Waals surface area contributed by atoms with Gasteiger partial charge in [-0.2, -0.15) is 0 Å². The Morgan fingerprint density at radius 2 is 2.33 bits per heavy atom.